The van der Waals surface area contributed by atoms with E-state index in [1.165, 1.54) is 5.57 Å². The molecule has 2 heterocycles. The van der Waals surface area contributed by atoms with Crippen molar-refractivity contribution in [1.29, 1.82) is 0 Å². The molecule has 1 amide bonds. The summed E-state index contributed by atoms with van der Waals surface area (Å²) in [5, 5.41) is 1.04. The quantitative estimate of drug-likeness (QED) is 0.648. The zero-order chi connectivity index (χ0) is 20.4. The van der Waals surface area contributed by atoms with Crippen molar-refractivity contribution >= 4 is 33.0 Å². The summed E-state index contributed by atoms with van der Waals surface area (Å²) in [5.74, 6) is 0.511. The lowest BCUT2D eigenvalue weighted by molar-refractivity contribution is -0.117. The number of nitrogens with zero attached hydrogens (tertiary/aromatic N) is 2. The molecular formula is C23H23N3O2S. The molecule has 1 unspecified atom stereocenters. The van der Waals surface area contributed by atoms with Crippen LogP contribution in [0.1, 0.15) is 36.8 Å². The van der Waals surface area contributed by atoms with Crippen LogP contribution in [-0.4, -0.2) is 23.0 Å². The molecule has 0 bridgehead atoms. The van der Waals surface area contributed by atoms with Crippen LogP contribution in [0.15, 0.2) is 60.5 Å². The van der Waals surface area contributed by atoms with E-state index in [2.05, 4.69) is 18.0 Å². The number of amides is 1. The van der Waals surface area contributed by atoms with E-state index < -0.39 is 0 Å². The third-order valence-electron chi connectivity index (χ3n) is 5.53. The molecule has 2 aromatic heterocycles. The van der Waals surface area contributed by atoms with Gasteiger partial charge >= 0.3 is 0 Å². The van der Waals surface area contributed by atoms with Gasteiger partial charge in [0.2, 0.25) is 5.91 Å². The van der Waals surface area contributed by atoms with Gasteiger partial charge in [-0.1, -0.05) is 24.6 Å². The Bertz CT molecular complexity index is 1120. The molecule has 0 saturated carbocycles. The Morgan fingerprint density at radius 3 is 2.72 bits per heavy atom. The normalized spacial score (nSPS) is 19.0. The van der Waals surface area contributed by atoms with Gasteiger partial charge in [-0.05, 0) is 54.3 Å². The Kier molecular flexibility index (Phi) is 5.20. The van der Waals surface area contributed by atoms with E-state index in [4.69, 9.17) is 15.5 Å². The summed E-state index contributed by atoms with van der Waals surface area (Å²) in [4.78, 5) is 20.8. The van der Waals surface area contributed by atoms with E-state index in [0.717, 1.165) is 45.0 Å². The fourth-order valence-electron chi connectivity index (χ4n) is 4.05. The Morgan fingerprint density at radius 2 is 2.03 bits per heavy atom. The van der Waals surface area contributed by atoms with Gasteiger partial charge in [-0.25, -0.2) is 4.98 Å². The number of aromatic nitrogens is 2. The van der Waals surface area contributed by atoms with E-state index in [-0.39, 0.29) is 17.7 Å². The molecule has 0 saturated heterocycles. The van der Waals surface area contributed by atoms with Crippen molar-refractivity contribution in [2.45, 2.75) is 31.6 Å². The van der Waals surface area contributed by atoms with Gasteiger partial charge in [0.1, 0.15) is 10.8 Å². The second-order valence-electron chi connectivity index (χ2n) is 7.25. The van der Waals surface area contributed by atoms with E-state index in [1.807, 2.05) is 48.8 Å². The minimum absolute atomic E-state index is 0.264. The third-order valence-corrected chi connectivity index (χ3v) is 6.75. The number of primary amides is 1. The van der Waals surface area contributed by atoms with Crippen LogP contribution in [0.25, 0.3) is 15.8 Å². The molecule has 1 aromatic carbocycles. The Hall–Kier alpha value is -2.99. The second-order valence-corrected chi connectivity index (χ2v) is 8.28. The number of hydrogen-bond donors (Lipinski definition) is 1. The number of thiazole rings is 1. The molecule has 3 aromatic rings. The molecule has 1 aliphatic rings. The maximum absolute atomic E-state index is 11.6. The lowest BCUT2D eigenvalue weighted by atomic mass is 9.68. The van der Waals surface area contributed by atoms with Crippen molar-refractivity contribution in [2.24, 2.45) is 5.73 Å². The molecule has 148 valence electrons. The number of carbonyl (C=O) groups is 1. The van der Waals surface area contributed by atoms with Gasteiger partial charge in [0.25, 0.3) is 0 Å². The van der Waals surface area contributed by atoms with Crippen molar-refractivity contribution < 1.29 is 9.53 Å². The minimum Gasteiger partial charge on any atom is -0.497 e. The van der Waals surface area contributed by atoms with Crippen molar-refractivity contribution in [3.8, 4) is 5.75 Å². The summed E-state index contributed by atoms with van der Waals surface area (Å²) in [6.45, 7) is 2.18. The van der Waals surface area contributed by atoms with Crippen molar-refractivity contribution in [1.82, 2.24) is 9.97 Å². The number of ether oxygens (including phenoxy) is 1. The molecule has 1 atom stereocenters. The first kappa shape index (κ1) is 19.3. The van der Waals surface area contributed by atoms with Crippen molar-refractivity contribution in [2.75, 3.05) is 7.11 Å². The summed E-state index contributed by atoms with van der Waals surface area (Å²) in [6, 6.07) is 10.0. The average molecular weight is 406 g/mol. The first-order valence-corrected chi connectivity index (χ1v) is 10.4. The summed E-state index contributed by atoms with van der Waals surface area (Å²) in [6.07, 6.45) is 9.61. The number of allylic oxidation sites excluding steroid dienone is 3. The monoisotopic (exact) mass is 405 g/mol. The molecule has 29 heavy (non-hydrogen) atoms. The van der Waals surface area contributed by atoms with Crippen LogP contribution >= 0.6 is 11.3 Å². The topological polar surface area (TPSA) is 78.1 Å². The molecular weight excluding hydrogens is 382 g/mol. The fourth-order valence-corrected chi connectivity index (χ4v) is 5.31. The van der Waals surface area contributed by atoms with Crippen molar-refractivity contribution in [3.05, 3.63) is 71.0 Å². The third kappa shape index (κ3) is 3.56. The molecule has 6 heteroatoms. The van der Waals surface area contributed by atoms with Crippen molar-refractivity contribution in [3.63, 3.8) is 0 Å². The maximum Gasteiger partial charge on any atom is 0.221 e. The van der Waals surface area contributed by atoms with Gasteiger partial charge in [0, 0.05) is 18.8 Å². The van der Waals surface area contributed by atoms with Gasteiger partial charge in [-0.2, -0.15) is 0 Å². The highest BCUT2D eigenvalue weighted by molar-refractivity contribution is 7.18. The summed E-state index contributed by atoms with van der Waals surface area (Å²) < 4.78 is 6.47. The first-order chi connectivity index (χ1) is 14.1. The maximum atomic E-state index is 11.6. The smallest absolute Gasteiger partial charge is 0.221 e. The van der Waals surface area contributed by atoms with Crippen LogP contribution < -0.4 is 10.5 Å². The number of carbonyl (C=O) groups excluding carboxylic acids is 1. The number of benzene rings is 1. The molecule has 2 N–H and O–H groups in total. The Labute approximate surface area is 173 Å². The molecule has 0 aliphatic heterocycles. The minimum atomic E-state index is -0.322. The van der Waals surface area contributed by atoms with Gasteiger partial charge in [0.15, 0.2) is 0 Å². The summed E-state index contributed by atoms with van der Waals surface area (Å²) in [5.41, 5.74) is 9.48. The van der Waals surface area contributed by atoms with Gasteiger partial charge in [0.05, 0.1) is 22.7 Å². The fraction of sp³-hybridized carbons (Fsp3) is 0.261. The number of hydrogen-bond acceptors (Lipinski definition) is 5. The van der Waals surface area contributed by atoms with Gasteiger partial charge < -0.3 is 10.5 Å². The number of fused-ring (bicyclic) bond motifs is 1. The molecule has 0 spiro atoms. The predicted molar refractivity (Wildman–Crippen MR) is 117 cm³/mol. The number of pyridine rings is 1. The first-order valence-electron chi connectivity index (χ1n) is 9.59. The Morgan fingerprint density at radius 1 is 1.24 bits per heavy atom. The van der Waals surface area contributed by atoms with Crippen LogP contribution in [0.4, 0.5) is 0 Å². The molecule has 4 rings (SSSR count). The number of nitrogens with two attached hydrogens (primary N) is 1. The summed E-state index contributed by atoms with van der Waals surface area (Å²) >= 11 is 1.69. The van der Waals surface area contributed by atoms with E-state index in [0.29, 0.717) is 0 Å². The molecule has 1 aliphatic carbocycles. The number of rotatable bonds is 6. The predicted octanol–water partition coefficient (Wildman–Crippen LogP) is 4.64. The highest BCUT2D eigenvalue weighted by atomic mass is 32.1. The van der Waals surface area contributed by atoms with Crippen LogP contribution in [-0.2, 0) is 10.2 Å². The highest BCUT2D eigenvalue weighted by Gasteiger charge is 2.40. The van der Waals surface area contributed by atoms with E-state index in [1.54, 1.807) is 18.4 Å². The van der Waals surface area contributed by atoms with Gasteiger partial charge in [-0.3, -0.25) is 9.78 Å². The Balaban J connectivity index is 1.88. The molecule has 5 nitrogen and oxygen atoms in total. The number of methoxy groups -OCH3 is 1. The van der Waals surface area contributed by atoms with Crippen LogP contribution in [0, 0.1) is 0 Å². The lowest BCUT2D eigenvalue weighted by Crippen LogP contribution is -2.30. The SMILES string of the molecule is CCC1(c2nc3ccc(OC)cc3s2)CC(CC(N)=O)=CC=C1c1ccncc1. The molecule has 0 radical (unpaired) electrons. The average Bonchev–Trinajstić information content (AvgIpc) is 3.17. The summed E-state index contributed by atoms with van der Waals surface area (Å²) in [7, 11) is 1.67. The van der Waals surface area contributed by atoms with Crippen LogP contribution in [0.3, 0.4) is 0 Å². The van der Waals surface area contributed by atoms with E-state index in [9.17, 15) is 4.79 Å². The second kappa shape index (κ2) is 7.79. The van der Waals surface area contributed by atoms with Gasteiger partial charge in [-0.15, -0.1) is 11.3 Å². The van der Waals surface area contributed by atoms with Crippen LogP contribution in [0.5, 0.6) is 5.75 Å². The molecule has 0 fully saturated rings. The highest BCUT2D eigenvalue weighted by Crippen LogP contribution is 2.50. The standard InChI is InChI=1S/C23H23N3O2S/c1-3-23(22-26-19-7-5-17(28-2)13-20(19)29-22)14-15(12-21(24)27)4-6-18(23)16-8-10-25-11-9-16/h4-11,13H,3,12,14H2,1-2H3,(H2,24,27). The zero-order valence-corrected chi connectivity index (χ0v) is 17.3. The van der Waals surface area contributed by atoms with Crippen LogP contribution in [0.2, 0.25) is 0 Å². The van der Waals surface area contributed by atoms with E-state index >= 15 is 0 Å². The lowest BCUT2D eigenvalue weighted by Gasteiger charge is -2.37. The zero-order valence-electron chi connectivity index (χ0n) is 16.5. The largest absolute Gasteiger partial charge is 0.497 e.